The smallest absolute Gasteiger partial charge is 0.208 e. The topological polar surface area (TPSA) is 17.8 Å². The van der Waals surface area contributed by atoms with E-state index in [0.717, 1.165) is 5.69 Å². The van der Waals surface area contributed by atoms with Crippen molar-refractivity contribution in [1.82, 2.24) is 9.55 Å². The molecule has 0 aliphatic carbocycles. The zero-order chi connectivity index (χ0) is 11.8. The van der Waals surface area contributed by atoms with Crippen LogP contribution >= 0.6 is 11.6 Å². The lowest BCUT2D eigenvalue weighted by Gasteiger charge is -2.04. The van der Waals surface area contributed by atoms with Crippen molar-refractivity contribution < 1.29 is 4.39 Å². The highest BCUT2D eigenvalue weighted by Gasteiger charge is 2.10. The number of nitrogens with zero attached hydrogens (tertiary/aromatic N) is 2. The third-order valence-corrected chi connectivity index (χ3v) is 2.84. The summed E-state index contributed by atoms with van der Waals surface area (Å²) >= 11 is 6.08. The first-order chi connectivity index (χ1) is 8.25. The molecule has 0 N–H and O–H groups in total. The summed E-state index contributed by atoms with van der Waals surface area (Å²) in [5.41, 5.74) is 2.21. The van der Waals surface area contributed by atoms with E-state index in [4.69, 9.17) is 11.6 Å². The minimum Gasteiger partial charge on any atom is -0.283 e. The van der Waals surface area contributed by atoms with Crippen LogP contribution in [-0.2, 0) is 0 Å². The van der Waals surface area contributed by atoms with Crippen LogP contribution in [0.3, 0.4) is 0 Å². The second-order valence-electron chi connectivity index (χ2n) is 3.68. The van der Waals surface area contributed by atoms with Crippen LogP contribution in [0.5, 0.6) is 0 Å². The van der Waals surface area contributed by atoms with E-state index in [1.54, 1.807) is 10.6 Å². The van der Waals surface area contributed by atoms with Gasteiger partial charge in [0.2, 0.25) is 5.28 Å². The van der Waals surface area contributed by atoms with Crippen LogP contribution < -0.4 is 0 Å². The summed E-state index contributed by atoms with van der Waals surface area (Å²) in [7, 11) is 0. The lowest BCUT2D eigenvalue weighted by Crippen LogP contribution is -1.93. The largest absolute Gasteiger partial charge is 0.283 e. The summed E-state index contributed by atoms with van der Waals surface area (Å²) in [5, 5.41) is 0.330. The van der Waals surface area contributed by atoms with E-state index in [2.05, 4.69) is 4.98 Å². The summed E-state index contributed by atoms with van der Waals surface area (Å²) in [6, 6.07) is 13.9. The first-order valence-electron chi connectivity index (χ1n) is 5.14. The second kappa shape index (κ2) is 3.86. The van der Waals surface area contributed by atoms with Crippen LogP contribution in [0.1, 0.15) is 0 Å². The Kier molecular flexibility index (Phi) is 2.34. The summed E-state index contributed by atoms with van der Waals surface area (Å²) in [6.45, 7) is 0. The van der Waals surface area contributed by atoms with Gasteiger partial charge in [-0.3, -0.25) is 4.57 Å². The van der Waals surface area contributed by atoms with E-state index in [-0.39, 0.29) is 5.82 Å². The molecule has 0 amide bonds. The Morgan fingerprint density at radius 1 is 1.06 bits per heavy atom. The Hall–Kier alpha value is -1.87. The maximum atomic E-state index is 13.3. The standard InChI is InChI=1S/C13H8ClFN2/c14-13-16-11-7-6-9(15)8-12(11)17(13)10-4-2-1-3-5-10/h1-8H. The molecule has 0 saturated carbocycles. The highest BCUT2D eigenvalue weighted by Crippen LogP contribution is 2.24. The SMILES string of the molecule is Fc1ccc2nc(Cl)n(-c3ccccc3)c2c1. The Bertz CT molecular complexity index is 676. The number of aromatic nitrogens is 2. The van der Waals surface area contributed by atoms with E-state index < -0.39 is 0 Å². The summed E-state index contributed by atoms with van der Waals surface area (Å²) < 4.78 is 15.0. The van der Waals surface area contributed by atoms with Crippen LogP contribution in [0.2, 0.25) is 5.28 Å². The number of para-hydroxylation sites is 1. The van der Waals surface area contributed by atoms with Crippen molar-refractivity contribution in [3.05, 3.63) is 59.6 Å². The van der Waals surface area contributed by atoms with Gasteiger partial charge in [-0.1, -0.05) is 18.2 Å². The molecular weight excluding hydrogens is 239 g/mol. The molecule has 4 heteroatoms. The first kappa shape index (κ1) is 10.3. The van der Waals surface area contributed by atoms with Gasteiger partial charge in [0.05, 0.1) is 11.0 Å². The van der Waals surface area contributed by atoms with E-state index >= 15 is 0 Å². The molecule has 0 atom stereocenters. The number of rotatable bonds is 1. The highest BCUT2D eigenvalue weighted by molar-refractivity contribution is 6.29. The van der Waals surface area contributed by atoms with Gasteiger partial charge in [0.15, 0.2) is 0 Å². The Morgan fingerprint density at radius 2 is 1.82 bits per heavy atom. The van der Waals surface area contributed by atoms with Gasteiger partial charge in [-0.05, 0) is 35.9 Å². The maximum absolute atomic E-state index is 13.3. The van der Waals surface area contributed by atoms with Crippen molar-refractivity contribution in [3.63, 3.8) is 0 Å². The average molecular weight is 247 g/mol. The average Bonchev–Trinajstić information content (AvgIpc) is 2.65. The minimum absolute atomic E-state index is 0.300. The highest BCUT2D eigenvalue weighted by atomic mass is 35.5. The summed E-state index contributed by atoms with van der Waals surface area (Å²) in [5.74, 6) is -0.300. The van der Waals surface area contributed by atoms with E-state index in [1.165, 1.54) is 12.1 Å². The number of hydrogen-bond donors (Lipinski definition) is 0. The second-order valence-corrected chi connectivity index (χ2v) is 4.02. The molecule has 0 aliphatic rings. The van der Waals surface area contributed by atoms with Crippen molar-refractivity contribution in [1.29, 1.82) is 0 Å². The van der Waals surface area contributed by atoms with E-state index in [0.29, 0.717) is 16.3 Å². The van der Waals surface area contributed by atoms with Crippen molar-refractivity contribution >= 4 is 22.6 Å². The number of hydrogen-bond acceptors (Lipinski definition) is 1. The monoisotopic (exact) mass is 246 g/mol. The quantitative estimate of drug-likeness (QED) is 0.638. The van der Waals surface area contributed by atoms with Gasteiger partial charge in [0.1, 0.15) is 5.82 Å². The maximum Gasteiger partial charge on any atom is 0.208 e. The molecule has 0 radical (unpaired) electrons. The number of halogens is 2. The van der Waals surface area contributed by atoms with E-state index in [1.807, 2.05) is 30.3 Å². The molecule has 0 bridgehead atoms. The van der Waals surface area contributed by atoms with Crippen LogP contribution in [0.25, 0.3) is 16.7 Å². The molecule has 2 nitrogen and oxygen atoms in total. The van der Waals surface area contributed by atoms with Gasteiger partial charge < -0.3 is 0 Å². The molecule has 17 heavy (non-hydrogen) atoms. The fourth-order valence-corrected chi connectivity index (χ4v) is 2.12. The predicted molar refractivity (Wildman–Crippen MR) is 66.0 cm³/mol. The molecule has 3 aromatic rings. The zero-order valence-electron chi connectivity index (χ0n) is 8.77. The minimum atomic E-state index is -0.300. The summed E-state index contributed by atoms with van der Waals surface area (Å²) in [4.78, 5) is 4.19. The fourth-order valence-electron chi connectivity index (χ4n) is 1.84. The molecule has 1 aromatic heterocycles. The van der Waals surface area contributed by atoms with Gasteiger partial charge in [-0.25, -0.2) is 9.37 Å². The van der Waals surface area contributed by atoms with E-state index in [9.17, 15) is 4.39 Å². The van der Waals surface area contributed by atoms with Crippen LogP contribution in [0, 0.1) is 5.82 Å². The Morgan fingerprint density at radius 3 is 2.59 bits per heavy atom. The van der Waals surface area contributed by atoms with Gasteiger partial charge in [-0.15, -0.1) is 0 Å². The zero-order valence-corrected chi connectivity index (χ0v) is 9.53. The van der Waals surface area contributed by atoms with Crippen LogP contribution in [0.15, 0.2) is 48.5 Å². The molecule has 2 aromatic carbocycles. The van der Waals surface area contributed by atoms with Gasteiger partial charge in [0, 0.05) is 11.8 Å². The molecule has 0 saturated heterocycles. The summed E-state index contributed by atoms with van der Waals surface area (Å²) in [6.07, 6.45) is 0. The lowest BCUT2D eigenvalue weighted by atomic mass is 10.3. The van der Waals surface area contributed by atoms with Gasteiger partial charge in [-0.2, -0.15) is 0 Å². The molecule has 0 fully saturated rings. The van der Waals surface area contributed by atoms with Gasteiger partial charge >= 0.3 is 0 Å². The van der Waals surface area contributed by atoms with Crippen molar-refractivity contribution in [2.45, 2.75) is 0 Å². The lowest BCUT2D eigenvalue weighted by molar-refractivity contribution is 0.629. The molecule has 0 unspecified atom stereocenters. The fraction of sp³-hybridized carbons (Fsp3) is 0. The Balaban J connectivity index is 2.35. The van der Waals surface area contributed by atoms with Crippen molar-refractivity contribution in [2.24, 2.45) is 0 Å². The normalized spacial score (nSPS) is 10.9. The molecule has 84 valence electrons. The predicted octanol–water partition coefficient (Wildman–Crippen LogP) is 3.82. The molecule has 3 rings (SSSR count). The van der Waals surface area contributed by atoms with Crippen molar-refractivity contribution in [3.8, 4) is 5.69 Å². The van der Waals surface area contributed by atoms with Crippen molar-refractivity contribution in [2.75, 3.05) is 0 Å². The van der Waals surface area contributed by atoms with Crippen LogP contribution in [-0.4, -0.2) is 9.55 Å². The number of fused-ring (bicyclic) bond motifs is 1. The number of benzene rings is 2. The van der Waals surface area contributed by atoms with Crippen LogP contribution in [0.4, 0.5) is 4.39 Å². The van der Waals surface area contributed by atoms with Gasteiger partial charge in [0.25, 0.3) is 0 Å². The molecule has 0 spiro atoms. The third kappa shape index (κ3) is 1.68. The molecule has 1 heterocycles. The first-order valence-corrected chi connectivity index (χ1v) is 5.52. The molecular formula is C13H8ClFN2. The Labute approximate surface area is 102 Å². The number of imidazole rings is 1. The third-order valence-electron chi connectivity index (χ3n) is 2.59. The molecule has 0 aliphatic heterocycles.